The number of carbonyl (C=O) groups excluding carboxylic acids is 2. The first-order valence-electron chi connectivity index (χ1n) is 11.5. The molecule has 0 atom stereocenters. The lowest BCUT2D eigenvalue weighted by molar-refractivity contribution is 0.0745. The van der Waals surface area contributed by atoms with Gasteiger partial charge in [0.05, 0.1) is 13.7 Å². The van der Waals surface area contributed by atoms with Crippen LogP contribution in [0.4, 0.5) is 0 Å². The monoisotopic (exact) mass is 462 g/mol. The Balaban J connectivity index is 1.44. The molecule has 0 radical (unpaired) electrons. The van der Waals surface area contributed by atoms with Crippen LogP contribution >= 0.6 is 0 Å². The summed E-state index contributed by atoms with van der Waals surface area (Å²) < 4.78 is 12.6. The van der Waals surface area contributed by atoms with Crippen molar-refractivity contribution in [1.82, 2.24) is 20.0 Å². The molecule has 34 heavy (non-hydrogen) atoms. The third-order valence-electron chi connectivity index (χ3n) is 5.79. The van der Waals surface area contributed by atoms with Crippen molar-refractivity contribution in [2.75, 3.05) is 20.3 Å². The Morgan fingerprint density at radius 2 is 1.82 bits per heavy atom. The summed E-state index contributed by atoms with van der Waals surface area (Å²) >= 11 is 0. The molecule has 0 spiro atoms. The number of rotatable bonds is 8. The molecule has 0 fully saturated rings. The van der Waals surface area contributed by atoms with E-state index in [1.807, 2.05) is 61.2 Å². The number of aryl methyl sites for hydroxylation is 2. The van der Waals surface area contributed by atoms with E-state index in [0.717, 1.165) is 17.5 Å². The fourth-order valence-corrected chi connectivity index (χ4v) is 3.98. The van der Waals surface area contributed by atoms with Crippen LogP contribution in [-0.2, 0) is 19.6 Å². The number of aromatic nitrogens is 2. The van der Waals surface area contributed by atoms with Crippen LogP contribution in [-0.4, -0.2) is 46.8 Å². The Morgan fingerprint density at radius 1 is 1.06 bits per heavy atom. The summed E-state index contributed by atoms with van der Waals surface area (Å²) in [5.74, 6) is 0.835. The van der Waals surface area contributed by atoms with Crippen molar-refractivity contribution in [3.63, 3.8) is 0 Å². The van der Waals surface area contributed by atoms with E-state index in [1.165, 1.54) is 5.56 Å². The molecule has 3 aromatic rings. The van der Waals surface area contributed by atoms with Crippen LogP contribution in [0.2, 0.25) is 0 Å². The van der Waals surface area contributed by atoms with E-state index in [9.17, 15) is 9.59 Å². The van der Waals surface area contributed by atoms with Gasteiger partial charge in [0, 0.05) is 32.2 Å². The number of nitrogens with one attached hydrogen (secondary N) is 1. The quantitative estimate of drug-likeness (QED) is 0.553. The van der Waals surface area contributed by atoms with E-state index in [4.69, 9.17) is 9.47 Å². The third-order valence-corrected chi connectivity index (χ3v) is 5.79. The van der Waals surface area contributed by atoms with Crippen LogP contribution < -0.4 is 14.8 Å². The smallest absolute Gasteiger partial charge is 0.272 e. The lowest BCUT2D eigenvalue weighted by Crippen LogP contribution is -2.30. The number of methoxy groups -OCH3 is 1. The Hall–Kier alpha value is -3.81. The van der Waals surface area contributed by atoms with Crippen LogP contribution in [0.3, 0.4) is 0 Å². The predicted molar refractivity (Wildman–Crippen MR) is 128 cm³/mol. The number of hydrogen-bond acceptors (Lipinski definition) is 5. The first-order chi connectivity index (χ1) is 16.5. The first-order valence-corrected chi connectivity index (χ1v) is 11.5. The zero-order chi connectivity index (χ0) is 24.1. The average molecular weight is 463 g/mol. The summed E-state index contributed by atoms with van der Waals surface area (Å²) in [6.45, 7) is 6.54. The summed E-state index contributed by atoms with van der Waals surface area (Å²) in [5.41, 5.74) is 3.81. The van der Waals surface area contributed by atoms with E-state index >= 15 is 0 Å². The first kappa shape index (κ1) is 23.4. The van der Waals surface area contributed by atoms with Crippen molar-refractivity contribution in [3.05, 3.63) is 76.6 Å². The number of ether oxygens (including phenoxy) is 2. The zero-order valence-corrected chi connectivity index (χ0v) is 19.8. The maximum Gasteiger partial charge on any atom is 0.272 e. The molecule has 178 valence electrons. The summed E-state index contributed by atoms with van der Waals surface area (Å²) in [6.07, 6.45) is 0.777. The van der Waals surface area contributed by atoms with E-state index in [-0.39, 0.29) is 17.5 Å². The Kier molecular flexibility index (Phi) is 7.15. The Labute approximate surface area is 199 Å². The van der Waals surface area contributed by atoms with Gasteiger partial charge in [0.1, 0.15) is 5.69 Å². The fraction of sp³-hybridized carbons (Fsp3) is 0.346. The minimum atomic E-state index is -0.327. The number of hydrogen-bond donors (Lipinski definition) is 1. The van der Waals surface area contributed by atoms with Crippen LogP contribution in [0.1, 0.15) is 51.0 Å². The van der Waals surface area contributed by atoms with Crippen molar-refractivity contribution in [2.24, 2.45) is 0 Å². The SMILES string of the molecule is CCOc1cc(CNC(=O)c2cc3n(n2)CCCN(Cc2ccc(C)cc2)C3=O)ccc1OC. The van der Waals surface area contributed by atoms with Crippen LogP contribution in [0.25, 0.3) is 0 Å². The lowest BCUT2D eigenvalue weighted by atomic mass is 10.1. The molecule has 0 unspecified atom stereocenters. The highest BCUT2D eigenvalue weighted by Gasteiger charge is 2.26. The number of fused-ring (bicyclic) bond motifs is 1. The second-order valence-electron chi connectivity index (χ2n) is 8.30. The molecule has 0 saturated heterocycles. The second kappa shape index (κ2) is 10.4. The molecule has 2 heterocycles. The molecule has 2 aromatic carbocycles. The van der Waals surface area contributed by atoms with E-state index in [2.05, 4.69) is 10.4 Å². The molecule has 0 saturated carbocycles. The van der Waals surface area contributed by atoms with Crippen molar-refractivity contribution in [2.45, 2.75) is 39.9 Å². The number of nitrogens with zero attached hydrogens (tertiary/aromatic N) is 3. The van der Waals surface area contributed by atoms with E-state index in [1.54, 1.807) is 17.9 Å². The zero-order valence-electron chi connectivity index (χ0n) is 19.8. The summed E-state index contributed by atoms with van der Waals surface area (Å²) in [6, 6.07) is 15.3. The van der Waals surface area contributed by atoms with Crippen molar-refractivity contribution >= 4 is 11.8 Å². The molecule has 8 heteroatoms. The molecular weight excluding hydrogens is 432 g/mol. The molecule has 0 aliphatic carbocycles. The molecular formula is C26H30N4O4. The van der Waals surface area contributed by atoms with Crippen molar-refractivity contribution < 1.29 is 19.1 Å². The lowest BCUT2D eigenvalue weighted by Gasteiger charge is -2.20. The van der Waals surface area contributed by atoms with Crippen molar-refractivity contribution in [1.29, 1.82) is 0 Å². The standard InChI is InChI=1S/C26H30N4O4/c1-4-34-24-14-20(10-11-23(24)33-3)16-27-25(31)21-15-22-26(32)29(12-5-13-30(22)28-21)17-19-8-6-18(2)7-9-19/h6-11,14-15H,4-5,12-13,16-17H2,1-3H3,(H,27,31). The second-order valence-corrected chi connectivity index (χ2v) is 8.30. The number of benzene rings is 2. The normalized spacial score (nSPS) is 13.3. The van der Waals surface area contributed by atoms with Gasteiger partial charge in [-0.25, -0.2) is 0 Å². The molecule has 4 rings (SSSR count). The Morgan fingerprint density at radius 3 is 2.56 bits per heavy atom. The minimum Gasteiger partial charge on any atom is -0.493 e. The van der Waals surface area contributed by atoms with Gasteiger partial charge in [-0.2, -0.15) is 5.10 Å². The molecule has 0 bridgehead atoms. The number of carbonyl (C=O) groups is 2. The molecule has 1 aliphatic rings. The van der Waals surface area contributed by atoms with Gasteiger partial charge in [-0.15, -0.1) is 0 Å². The molecule has 1 aliphatic heterocycles. The highest BCUT2D eigenvalue weighted by atomic mass is 16.5. The maximum atomic E-state index is 13.2. The Bertz CT molecular complexity index is 1170. The van der Waals surface area contributed by atoms with Gasteiger partial charge in [-0.1, -0.05) is 35.9 Å². The van der Waals surface area contributed by atoms with Gasteiger partial charge in [-0.3, -0.25) is 14.3 Å². The van der Waals surface area contributed by atoms with Gasteiger partial charge >= 0.3 is 0 Å². The third kappa shape index (κ3) is 5.22. The topological polar surface area (TPSA) is 85.7 Å². The average Bonchev–Trinajstić information content (AvgIpc) is 3.21. The van der Waals surface area contributed by atoms with Crippen molar-refractivity contribution in [3.8, 4) is 11.5 Å². The maximum absolute atomic E-state index is 13.2. The van der Waals surface area contributed by atoms with Gasteiger partial charge < -0.3 is 19.7 Å². The van der Waals surface area contributed by atoms with Gasteiger partial charge in [0.15, 0.2) is 17.2 Å². The largest absolute Gasteiger partial charge is 0.493 e. The van der Waals surface area contributed by atoms with Crippen LogP contribution in [0, 0.1) is 6.92 Å². The minimum absolute atomic E-state index is 0.110. The molecule has 1 aromatic heterocycles. The highest BCUT2D eigenvalue weighted by molar-refractivity contribution is 5.98. The predicted octanol–water partition coefficient (Wildman–Crippen LogP) is 3.57. The van der Waals surface area contributed by atoms with E-state index < -0.39 is 0 Å². The van der Waals surface area contributed by atoms with Gasteiger partial charge in [-0.05, 0) is 43.5 Å². The molecule has 8 nitrogen and oxygen atoms in total. The van der Waals surface area contributed by atoms with Crippen LogP contribution in [0.5, 0.6) is 11.5 Å². The highest BCUT2D eigenvalue weighted by Crippen LogP contribution is 2.28. The fourth-order valence-electron chi connectivity index (χ4n) is 3.98. The number of amides is 2. The molecule has 2 amide bonds. The summed E-state index contributed by atoms with van der Waals surface area (Å²) in [5, 5.41) is 7.30. The summed E-state index contributed by atoms with van der Waals surface area (Å²) in [7, 11) is 1.59. The van der Waals surface area contributed by atoms with Gasteiger partial charge in [0.2, 0.25) is 0 Å². The van der Waals surface area contributed by atoms with Crippen LogP contribution in [0.15, 0.2) is 48.5 Å². The molecule has 1 N–H and O–H groups in total. The summed E-state index contributed by atoms with van der Waals surface area (Å²) in [4.78, 5) is 27.8. The van der Waals surface area contributed by atoms with Gasteiger partial charge in [0.25, 0.3) is 11.8 Å². The van der Waals surface area contributed by atoms with E-state index in [0.29, 0.717) is 50.0 Å².